The van der Waals surface area contributed by atoms with Crippen LogP contribution >= 0.6 is 0 Å². The number of Topliss-reactive ketones (excluding diaryl/α,β-unsaturated/α-hetero) is 1. The monoisotopic (exact) mass is 807 g/mol. The van der Waals surface area contributed by atoms with Crippen molar-refractivity contribution in [2.45, 2.75) is 128 Å². The summed E-state index contributed by atoms with van der Waals surface area (Å²) >= 11 is 0. The highest BCUT2D eigenvalue weighted by Gasteiger charge is 2.78. The fourth-order valence-corrected chi connectivity index (χ4v) is 9.56. The molecule has 4 aliphatic rings. The zero-order chi connectivity index (χ0) is 42.7. The summed E-state index contributed by atoms with van der Waals surface area (Å²) in [6.45, 7) is 11.8. The van der Waals surface area contributed by atoms with Crippen molar-refractivity contribution in [3.05, 3.63) is 82.9 Å². The van der Waals surface area contributed by atoms with E-state index in [-0.39, 0.29) is 29.7 Å². The maximum absolute atomic E-state index is 14.9. The van der Waals surface area contributed by atoms with E-state index in [2.05, 4.69) is 5.32 Å². The number of ether oxygens (including phenoxy) is 5. The summed E-state index contributed by atoms with van der Waals surface area (Å²) in [5.74, 6) is -5.36. The van der Waals surface area contributed by atoms with Crippen LogP contribution in [-0.2, 0) is 38.1 Å². The van der Waals surface area contributed by atoms with E-state index >= 15 is 0 Å². The van der Waals surface area contributed by atoms with Gasteiger partial charge in [-0.1, -0.05) is 62.4 Å². The number of benzene rings is 2. The molecule has 58 heavy (non-hydrogen) atoms. The molecule has 1 unspecified atom stereocenters. The van der Waals surface area contributed by atoms with Gasteiger partial charge in [0, 0.05) is 25.2 Å². The summed E-state index contributed by atoms with van der Waals surface area (Å²) in [6.07, 6.45) is -11.5. The first-order valence-electron chi connectivity index (χ1n) is 19.3. The molecule has 1 aliphatic heterocycles. The first kappa shape index (κ1) is 42.9. The van der Waals surface area contributed by atoms with E-state index in [9.17, 15) is 44.4 Å². The van der Waals surface area contributed by atoms with E-state index < -0.39 is 112 Å². The van der Waals surface area contributed by atoms with Gasteiger partial charge in [0.2, 0.25) is 0 Å². The van der Waals surface area contributed by atoms with E-state index in [4.69, 9.17) is 23.7 Å². The number of alkyl carbamates (subject to hydrolysis) is 1. The lowest BCUT2D eigenvalue weighted by Gasteiger charge is -2.67. The molecule has 3 fully saturated rings. The number of fused-ring (bicyclic) bond motifs is 5. The van der Waals surface area contributed by atoms with Gasteiger partial charge >= 0.3 is 24.0 Å². The van der Waals surface area contributed by atoms with Crippen LogP contribution in [0.4, 0.5) is 4.79 Å². The molecule has 314 valence electrons. The lowest BCUT2D eigenvalue weighted by molar-refractivity contribution is -0.346. The molecule has 1 amide bonds. The third-order valence-corrected chi connectivity index (χ3v) is 12.6. The molecule has 1 heterocycles. The largest absolute Gasteiger partial charge is 0.456 e. The summed E-state index contributed by atoms with van der Waals surface area (Å²) in [6, 6.07) is 14.6. The second kappa shape index (κ2) is 15.2. The van der Waals surface area contributed by atoms with Crippen LogP contribution < -0.4 is 5.32 Å². The highest BCUT2D eigenvalue weighted by Crippen LogP contribution is 2.64. The fourth-order valence-electron chi connectivity index (χ4n) is 9.56. The summed E-state index contributed by atoms with van der Waals surface area (Å²) in [7, 11) is 0. The Balaban J connectivity index is 1.49. The molecular weight excluding hydrogens is 754 g/mol. The topological polar surface area (TPSA) is 224 Å². The summed E-state index contributed by atoms with van der Waals surface area (Å²) in [5, 5.41) is 51.6. The number of hydrogen-bond donors (Lipinski definition) is 5. The van der Waals surface area contributed by atoms with Crippen LogP contribution in [0.3, 0.4) is 0 Å². The van der Waals surface area contributed by atoms with Crippen LogP contribution in [-0.4, -0.2) is 110 Å². The van der Waals surface area contributed by atoms with Crippen molar-refractivity contribution in [2.24, 2.45) is 16.7 Å². The van der Waals surface area contributed by atoms with Crippen molar-refractivity contribution < 1.29 is 68.1 Å². The molecule has 3 aliphatic carbocycles. The van der Waals surface area contributed by atoms with E-state index in [1.54, 1.807) is 83.1 Å². The van der Waals surface area contributed by atoms with Crippen LogP contribution in [0, 0.1) is 16.7 Å². The number of carbonyl (C=O) groups excluding carboxylic acids is 5. The van der Waals surface area contributed by atoms with Crippen molar-refractivity contribution in [3.63, 3.8) is 0 Å². The molecule has 11 atom stereocenters. The third-order valence-electron chi connectivity index (χ3n) is 12.6. The first-order chi connectivity index (χ1) is 27.0. The maximum Gasteiger partial charge on any atom is 0.408 e. The number of aliphatic hydroxyl groups is 4. The van der Waals surface area contributed by atoms with Crippen molar-refractivity contribution >= 4 is 29.8 Å². The molecule has 2 aromatic rings. The Morgan fingerprint density at radius 3 is 2.10 bits per heavy atom. The van der Waals surface area contributed by atoms with Crippen LogP contribution in [0.25, 0.3) is 0 Å². The second-order valence-corrected chi connectivity index (χ2v) is 17.6. The van der Waals surface area contributed by atoms with E-state index in [0.29, 0.717) is 5.56 Å². The Labute approximate surface area is 336 Å². The molecule has 0 radical (unpaired) electrons. The van der Waals surface area contributed by atoms with Crippen LogP contribution in [0.15, 0.2) is 71.8 Å². The molecule has 1 saturated heterocycles. The SMILES string of the molecule is CC(=O)O[C@@]12CO[C@H]1C[C@H](O)[C@@]1(C)C(=O)[C@@H](O)C3=C(C)[C@@H](OC(=O)[C@H](O)[C@@H](NC(=O)OC(C)(C)C)c4ccccc4)CC(O)([C@@H](OC(=O)c4ccccc4)[C@@H]21)C3(C)C. The lowest BCUT2D eigenvalue weighted by Crippen LogP contribution is -2.81. The minimum absolute atomic E-state index is 0.0637. The van der Waals surface area contributed by atoms with Gasteiger partial charge in [-0.25, -0.2) is 14.4 Å². The molecule has 5 N–H and O–H groups in total. The van der Waals surface area contributed by atoms with Gasteiger partial charge in [0.05, 0.1) is 35.6 Å². The smallest absolute Gasteiger partial charge is 0.408 e. The van der Waals surface area contributed by atoms with Crippen molar-refractivity contribution in [1.29, 1.82) is 0 Å². The van der Waals surface area contributed by atoms with Crippen LogP contribution in [0.2, 0.25) is 0 Å². The molecule has 0 spiro atoms. The van der Waals surface area contributed by atoms with Gasteiger partial charge in [0.15, 0.2) is 17.5 Å². The summed E-state index contributed by atoms with van der Waals surface area (Å²) in [5.41, 5.74) is -8.14. The van der Waals surface area contributed by atoms with Gasteiger partial charge in [-0.05, 0) is 63.5 Å². The molecule has 2 aromatic carbocycles. The first-order valence-corrected chi connectivity index (χ1v) is 19.3. The number of nitrogens with one attached hydrogen (secondary N) is 1. The van der Waals surface area contributed by atoms with Crippen LogP contribution in [0.1, 0.15) is 90.2 Å². The van der Waals surface area contributed by atoms with Crippen molar-refractivity contribution in [3.8, 4) is 0 Å². The molecule has 6 rings (SSSR count). The molecular formula is C43H53NO14. The average molecular weight is 808 g/mol. The number of amides is 1. The van der Waals surface area contributed by atoms with Gasteiger partial charge in [-0.2, -0.15) is 0 Å². The normalized spacial score (nSPS) is 33.7. The van der Waals surface area contributed by atoms with Crippen LogP contribution in [0.5, 0.6) is 0 Å². The highest BCUT2D eigenvalue weighted by atomic mass is 16.6. The van der Waals surface area contributed by atoms with Gasteiger partial charge < -0.3 is 49.4 Å². The molecule has 15 nitrogen and oxygen atoms in total. The fraction of sp³-hybridized carbons (Fsp3) is 0.558. The number of aliphatic hydroxyl groups excluding tert-OH is 3. The quantitative estimate of drug-likeness (QED) is 0.147. The number of carbonyl (C=O) groups is 5. The predicted octanol–water partition coefficient (Wildman–Crippen LogP) is 3.26. The standard InChI is InChI=1S/C43H53NO14/c1-22-26(55-37(51)32(48)30(24-15-11-9-12-16-24)44-38(52)58-39(3,4)5)20-43(53)35(56-36(50)25-17-13-10-14-18-25)33-41(8,34(49)31(47)29(22)40(43,6)7)27(46)19-28-42(33,21-54-28)57-23(2)45/h9-18,26-28,30-33,35,46-48,53H,19-21H2,1-8H3,(H,44,52)/t26-,27-,28-,30-,31-,32+,33+,35-,41+,42-,43?/m0/s1. The third kappa shape index (κ3) is 7.10. The molecule has 2 saturated carbocycles. The zero-order valence-electron chi connectivity index (χ0n) is 33.9. The molecule has 0 aromatic heterocycles. The number of hydrogen-bond acceptors (Lipinski definition) is 14. The summed E-state index contributed by atoms with van der Waals surface area (Å²) < 4.78 is 29.5. The molecule has 2 bridgehead atoms. The zero-order valence-corrected chi connectivity index (χ0v) is 33.9. The van der Waals surface area contributed by atoms with Gasteiger partial charge in [0.25, 0.3) is 0 Å². The number of esters is 3. The second-order valence-electron chi connectivity index (χ2n) is 17.6. The lowest BCUT2D eigenvalue weighted by atomic mass is 9.44. The Bertz CT molecular complexity index is 1980. The highest BCUT2D eigenvalue weighted by molar-refractivity contribution is 5.94. The Kier molecular flexibility index (Phi) is 11.2. The van der Waals surface area contributed by atoms with Gasteiger partial charge in [-0.15, -0.1) is 0 Å². The Hall–Kier alpha value is -4.67. The number of ketones is 1. The van der Waals surface area contributed by atoms with E-state index in [1.807, 2.05) is 0 Å². The average Bonchev–Trinajstić information content (AvgIpc) is 3.14. The summed E-state index contributed by atoms with van der Waals surface area (Å²) in [4.78, 5) is 68.9. The number of rotatable bonds is 8. The van der Waals surface area contributed by atoms with Crippen molar-refractivity contribution in [1.82, 2.24) is 5.32 Å². The minimum atomic E-state index is -2.35. The maximum atomic E-state index is 14.9. The minimum Gasteiger partial charge on any atom is -0.456 e. The van der Waals surface area contributed by atoms with E-state index in [1.165, 1.54) is 26.0 Å². The van der Waals surface area contributed by atoms with E-state index in [0.717, 1.165) is 6.92 Å². The van der Waals surface area contributed by atoms with Gasteiger partial charge in [-0.3, -0.25) is 9.59 Å². The Morgan fingerprint density at radius 2 is 1.55 bits per heavy atom. The van der Waals surface area contributed by atoms with Crippen molar-refractivity contribution in [2.75, 3.05) is 6.61 Å². The van der Waals surface area contributed by atoms with Gasteiger partial charge in [0.1, 0.15) is 35.6 Å². The Morgan fingerprint density at radius 1 is 0.948 bits per heavy atom. The predicted molar refractivity (Wildman–Crippen MR) is 204 cm³/mol. The molecule has 15 heteroatoms.